The minimum Gasteiger partial charge on any atom is -0.355 e. The predicted molar refractivity (Wildman–Crippen MR) is 87.6 cm³/mol. The Kier molecular flexibility index (Phi) is 4.88. The van der Waals surface area contributed by atoms with Crippen molar-refractivity contribution >= 4 is 11.6 Å². The van der Waals surface area contributed by atoms with Crippen LogP contribution < -0.4 is 9.80 Å². The van der Waals surface area contributed by atoms with Crippen LogP contribution in [0.25, 0.3) is 0 Å². The highest BCUT2D eigenvalue weighted by Gasteiger charge is 2.34. The Labute approximate surface area is 148 Å². The molecule has 0 atom stereocenters. The van der Waals surface area contributed by atoms with Gasteiger partial charge in [-0.1, -0.05) is 0 Å². The van der Waals surface area contributed by atoms with Crippen molar-refractivity contribution in [2.75, 3.05) is 36.0 Å². The lowest BCUT2D eigenvalue weighted by Gasteiger charge is -2.23. The van der Waals surface area contributed by atoms with Crippen molar-refractivity contribution in [2.45, 2.75) is 19.5 Å². The predicted octanol–water partition coefficient (Wildman–Crippen LogP) is 2.18. The van der Waals surface area contributed by atoms with Gasteiger partial charge in [-0.15, -0.1) is 10.2 Å². The van der Waals surface area contributed by atoms with Gasteiger partial charge < -0.3 is 9.80 Å². The quantitative estimate of drug-likeness (QED) is 0.809. The van der Waals surface area contributed by atoms with Crippen LogP contribution in [0.15, 0.2) is 18.2 Å². The Morgan fingerprint density at radius 2 is 1.69 bits per heavy atom. The molecule has 3 heterocycles. The molecule has 1 saturated heterocycles. The molecule has 2 aromatic heterocycles. The fraction of sp³-hybridized carbons (Fsp3) is 0.438. The second-order valence-corrected chi connectivity index (χ2v) is 5.87. The molecule has 136 valence electrons. The Bertz CT molecular complexity index is 814. The highest BCUT2D eigenvalue weighted by atomic mass is 19.4. The first-order valence-corrected chi connectivity index (χ1v) is 8.03. The van der Waals surface area contributed by atoms with E-state index in [0.717, 1.165) is 12.5 Å². The minimum atomic E-state index is -4.50. The van der Waals surface area contributed by atoms with Crippen LogP contribution in [0.5, 0.6) is 0 Å². The van der Waals surface area contributed by atoms with Crippen LogP contribution in [0.2, 0.25) is 0 Å². The zero-order valence-corrected chi connectivity index (χ0v) is 14.0. The highest BCUT2D eigenvalue weighted by molar-refractivity contribution is 5.44. The Morgan fingerprint density at radius 1 is 1.00 bits per heavy atom. The van der Waals surface area contributed by atoms with E-state index in [0.29, 0.717) is 32.0 Å². The van der Waals surface area contributed by atoms with E-state index in [1.54, 1.807) is 12.1 Å². The molecule has 7 nitrogen and oxygen atoms in total. The molecule has 0 aliphatic carbocycles. The summed E-state index contributed by atoms with van der Waals surface area (Å²) in [5.41, 5.74) is -0.694. The molecule has 10 heteroatoms. The monoisotopic (exact) mass is 363 g/mol. The average Bonchev–Trinajstić information content (AvgIpc) is 2.87. The summed E-state index contributed by atoms with van der Waals surface area (Å²) in [4.78, 5) is 11.5. The van der Waals surface area contributed by atoms with Gasteiger partial charge in [0.05, 0.1) is 0 Å². The lowest BCUT2D eigenvalue weighted by atomic mass is 10.3. The number of aryl methyl sites for hydroxylation is 1. The van der Waals surface area contributed by atoms with E-state index in [1.807, 2.05) is 15.9 Å². The van der Waals surface area contributed by atoms with Crippen molar-refractivity contribution < 1.29 is 13.2 Å². The van der Waals surface area contributed by atoms with Gasteiger partial charge in [0.1, 0.15) is 23.4 Å². The smallest absolute Gasteiger partial charge is 0.355 e. The molecule has 0 spiro atoms. The maximum atomic E-state index is 13.0. The van der Waals surface area contributed by atoms with Crippen molar-refractivity contribution in [1.82, 2.24) is 20.2 Å². The van der Waals surface area contributed by atoms with Crippen molar-refractivity contribution in [3.05, 3.63) is 35.4 Å². The van der Waals surface area contributed by atoms with Gasteiger partial charge in [0.2, 0.25) is 0 Å². The van der Waals surface area contributed by atoms with Crippen LogP contribution in [0.3, 0.4) is 0 Å². The normalized spacial score (nSPS) is 15.5. The van der Waals surface area contributed by atoms with Crippen LogP contribution in [-0.4, -0.2) is 46.3 Å². The SMILES string of the molecule is Cc1nc(N2CCCN(c3ccc(C#N)nn3)CC2)cc(C(F)(F)F)n1. The average molecular weight is 363 g/mol. The van der Waals surface area contributed by atoms with E-state index in [9.17, 15) is 13.2 Å². The fourth-order valence-electron chi connectivity index (χ4n) is 2.79. The first-order chi connectivity index (χ1) is 12.4. The van der Waals surface area contributed by atoms with Crippen LogP contribution in [0.4, 0.5) is 24.8 Å². The summed E-state index contributed by atoms with van der Waals surface area (Å²) < 4.78 is 39.0. The molecule has 0 amide bonds. The zero-order valence-electron chi connectivity index (χ0n) is 14.0. The van der Waals surface area contributed by atoms with E-state index in [2.05, 4.69) is 20.2 Å². The third-order valence-electron chi connectivity index (χ3n) is 4.02. The Morgan fingerprint density at radius 3 is 2.27 bits per heavy atom. The number of nitriles is 1. The maximum Gasteiger partial charge on any atom is 0.433 e. The van der Waals surface area contributed by atoms with Gasteiger partial charge >= 0.3 is 6.18 Å². The summed E-state index contributed by atoms with van der Waals surface area (Å²) in [6.07, 6.45) is -3.77. The highest BCUT2D eigenvalue weighted by Crippen LogP contribution is 2.30. The van der Waals surface area contributed by atoms with Gasteiger partial charge in [-0.25, -0.2) is 9.97 Å². The van der Waals surface area contributed by atoms with Crippen LogP contribution in [0, 0.1) is 18.3 Å². The topological polar surface area (TPSA) is 81.8 Å². The van der Waals surface area contributed by atoms with Gasteiger partial charge in [-0.05, 0) is 25.5 Å². The molecule has 0 saturated carbocycles. The molecular formula is C16H16F3N7. The zero-order chi connectivity index (χ0) is 18.7. The van der Waals surface area contributed by atoms with Crippen LogP contribution in [0.1, 0.15) is 23.6 Å². The van der Waals surface area contributed by atoms with Crippen molar-refractivity contribution in [1.29, 1.82) is 5.26 Å². The van der Waals surface area contributed by atoms with Crippen LogP contribution in [-0.2, 0) is 6.18 Å². The summed E-state index contributed by atoms with van der Waals surface area (Å²) >= 11 is 0. The number of anilines is 2. The summed E-state index contributed by atoms with van der Waals surface area (Å²) in [6, 6.07) is 6.22. The van der Waals surface area contributed by atoms with Gasteiger partial charge in [-0.2, -0.15) is 18.4 Å². The number of rotatable bonds is 2. The molecule has 3 rings (SSSR count). The van der Waals surface area contributed by atoms with Crippen molar-refractivity contribution in [3.8, 4) is 6.07 Å². The van der Waals surface area contributed by atoms with E-state index in [4.69, 9.17) is 5.26 Å². The molecular weight excluding hydrogens is 347 g/mol. The van der Waals surface area contributed by atoms with Gasteiger partial charge in [-0.3, -0.25) is 0 Å². The molecule has 1 fully saturated rings. The van der Waals surface area contributed by atoms with Gasteiger partial charge in [0.25, 0.3) is 0 Å². The molecule has 0 N–H and O–H groups in total. The molecule has 0 unspecified atom stereocenters. The molecule has 0 radical (unpaired) electrons. The first kappa shape index (κ1) is 17.8. The van der Waals surface area contributed by atoms with Crippen molar-refractivity contribution in [3.63, 3.8) is 0 Å². The molecule has 0 bridgehead atoms. The van der Waals surface area contributed by atoms with Gasteiger partial charge in [0, 0.05) is 32.2 Å². The Hall–Kier alpha value is -2.96. The summed E-state index contributed by atoms with van der Waals surface area (Å²) in [6.45, 7) is 3.77. The van der Waals surface area contributed by atoms with E-state index < -0.39 is 11.9 Å². The lowest BCUT2D eigenvalue weighted by molar-refractivity contribution is -0.141. The molecule has 26 heavy (non-hydrogen) atoms. The molecule has 1 aliphatic rings. The number of halogens is 3. The second-order valence-electron chi connectivity index (χ2n) is 5.87. The summed E-state index contributed by atoms with van der Waals surface area (Å²) in [5, 5.41) is 16.6. The van der Waals surface area contributed by atoms with Gasteiger partial charge in [0.15, 0.2) is 11.5 Å². The molecule has 2 aromatic rings. The number of aromatic nitrogens is 4. The van der Waals surface area contributed by atoms with E-state index in [1.165, 1.54) is 6.92 Å². The number of hydrogen-bond donors (Lipinski definition) is 0. The second kappa shape index (κ2) is 7.11. The number of nitrogens with zero attached hydrogens (tertiary/aromatic N) is 7. The van der Waals surface area contributed by atoms with E-state index >= 15 is 0 Å². The number of alkyl halides is 3. The third-order valence-corrected chi connectivity index (χ3v) is 4.02. The van der Waals surface area contributed by atoms with E-state index in [-0.39, 0.29) is 17.3 Å². The largest absolute Gasteiger partial charge is 0.433 e. The molecule has 1 aliphatic heterocycles. The number of hydrogen-bond acceptors (Lipinski definition) is 7. The third kappa shape index (κ3) is 3.99. The summed E-state index contributed by atoms with van der Waals surface area (Å²) in [5.74, 6) is 1.01. The van der Waals surface area contributed by atoms with Crippen molar-refractivity contribution in [2.24, 2.45) is 0 Å². The minimum absolute atomic E-state index is 0.0916. The lowest BCUT2D eigenvalue weighted by Crippen LogP contribution is -2.32. The van der Waals surface area contributed by atoms with Crippen LogP contribution >= 0.6 is 0 Å². The summed E-state index contributed by atoms with van der Waals surface area (Å²) in [7, 11) is 0. The molecule has 0 aromatic carbocycles. The standard InChI is InChI=1S/C16H16F3N7/c1-11-21-13(16(17,18)19)9-15(22-11)26-6-2-5-25(7-8-26)14-4-3-12(10-20)23-24-14/h3-4,9H,2,5-8H2,1H3. The first-order valence-electron chi connectivity index (χ1n) is 8.03. The fourth-order valence-corrected chi connectivity index (χ4v) is 2.79. The Balaban J connectivity index is 1.76. The maximum absolute atomic E-state index is 13.0.